The van der Waals surface area contributed by atoms with Gasteiger partial charge < -0.3 is 4.74 Å². The third-order valence-corrected chi connectivity index (χ3v) is 3.57. The summed E-state index contributed by atoms with van der Waals surface area (Å²) >= 11 is 5.88. The van der Waals surface area contributed by atoms with E-state index in [-0.39, 0.29) is 18.1 Å². The predicted molar refractivity (Wildman–Crippen MR) is 87.9 cm³/mol. The SMILES string of the molecule is Cc1cc(OCc2cc(F)ccc2F)nc(-c2ccc(Cl)cc2)n1. The molecule has 0 fully saturated rings. The maximum atomic E-state index is 13.6. The van der Waals surface area contributed by atoms with Crippen LogP contribution in [-0.2, 0) is 6.61 Å². The number of aromatic nitrogens is 2. The van der Waals surface area contributed by atoms with Crippen LogP contribution in [0.25, 0.3) is 11.4 Å². The van der Waals surface area contributed by atoms with Gasteiger partial charge >= 0.3 is 0 Å². The average molecular weight is 347 g/mol. The summed E-state index contributed by atoms with van der Waals surface area (Å²) in [6.45, 7) is 1.68. The number of ether oxygens (including phenoxy) is 1. The first-order valence-electron chi connectivity index (χ1n) is 7.19. The summed E-state index contributed by atoms with van der Waals surface area (Å²) in [6, 6.07) is 11.9. The molecule has 0 unspecified atom stereocenters. The molecule has 0 saturated carbocycles. The molecule has 1 heterocycles. The van der Waals surface area contributed by atoms with Crippen LogP contribution in [0.5, 0.6) is 5.88 Å². The summed E-state index contributed by atoms with van der Waals surface area (Å²) in [4.78, 5) is 8.66. The van der Waals surface area contributed by atoms with E-state index in [0.717, 1.165) is 23.8 Å². The Labute approximate surface area is 142 Å². The van der Waals surface area contributed by atoms with E-state index in [2.05, 4.69) is 9.97 Å². The molecule has 0 radical (unpaired) electrons. The van der Waals surface area contributed by atoms with Crippen molar-refractivity contribution in [3.63, 3.8) is 0 Å². The van der Waals surface area contributed by atoms with Gasteiger partial charge in [0.15, 0.2) is 5.82 Å². The van der Waals surface area contributed by atoms with Crippen molar-refractivity contribution >= 4 is 11.6 Å². The van der Waals surface area contributed by atoms with Crippen molar-refractivity contribution in [3.8, 4) is 17.3 Å². The number of rotatable bonds is 4. The zero-order chi connectivity index (χ0) is 17.1. The van der Waals surface area contributed by atoms with Gasteiger partial charge in [-0.15, -0.1) is 0 Å². The van der Waals surface area contributed by atoms with Crippen LogP contribution in [0.3, 0.4) is 0 Å². The largest absolute Gasteiger partial charge is 0.473 e. The fraction of sp³-hybridized carbons (Fsp3) is 0.111. The highest BCUT2D eigenvalue weighted by Crippen LogP contribution is 2.22. The Morgan fingerprint density at radius 1 is 1.00 bits per heavy atom. The molecule has 1 aromatic heterocycles. The minimum atomic E-state index is -0.528. The maximum absolute atomic E-state index is 13.6. The summed E-state index contributed by atoms with van der Waals surface area (Å²) in [5.74, 6) is -0.284. The number of aryl methyl sites for hydroxylation is 1. The van der Waals surface area contributed by atoms with Gasteiger partial charge in [-0.25, -0.2) is 13.8 Å². The van der Waals surface area contributed by atoms with E-state index < -0.39 is 11.6 Å². The lowest BCUT2D eigenvalue weighted by atomic mass is 10.2. The lowest BCUT2D eigenvalue weighted by Gasteiger charge is -2.09. The second-order valence-electron chi connectivity index (χ2n) is 5.20. The van der Waals surface area contributed by atoms with Crippen LogP contribution < -0.4 is 4.74 Å². The summed E-state index contributed by atoms with van der Waals surface area (Å²) in [6.07, 6.45) is 0. The molecule has 3 nitrogen and oxygen atoms in total. The summed E-state index contributed by atoms with van der Waals surface area (Å²) < 4.78 is 32.3. The molecule has 24 heavy (non-hydrogen) atoms. The molecule has 0 aliphatic heterocycles. The minimum Gasteiger partial charge on any atom is -0.473 e. The number of benzene rings is 2. The van der Waals surface area contributed by atoms with E-state index in [4.69, 9.17) is 16.3 Å². The number of hydrogen-bond acceptors (Lipinski definition) is 3. The van der Waals surface area contributed by atoms with Crippen LogP contribution in [0.2, 0.25) is 5.02 Å². The van der Waals surface area contributed by atoms with Gasteiger partial charge in [0.25, 0.3) is 0 Å². The molecule has 0 atom stereocenters. The molecule has 122 valence electrons. The zero-order valence-electron chi connectivity index (χ0n) is 12.8. The highest BCUT2D eigenvalue weighted by Gasteiger charge is 2.09. The zero-order valence-corrected chi connectivity index (χ0v) is 13.5. The van der Waals surface area contributed by atoms with Crippen molar-refractivity contribution in [1.29, 1.82) is 0 Å². The van der Waals surface area contributed by atoms with Crippen LogP contribution in [-0.4, -0.2) is 9.97 Å². The Kier molecular flexibility index (Phi) is 4.71. The summed E-state index contributed by atoms with van der Waals surface area (Å²) in [5, 5.41) is 0.615. The van der Waals surface area contributed by atoms with Gasteiger partial charge in [0.1, 0.15) is 18.2 Å². The highest BCUT2D eigenvalue weighted by molar-refractivity contribution is 6.30. The summed E-state index contributed by atoms with van der Waals surface area (Å²) in [5.41, 5.74) is 1.61. The van der Waals surface area contributed by atoms with Gasteiger partial charge in [-0.1, -0.05) is 11.6 Å². The lowest BCUT2D eigenvalue weighted by Crippen LogP contribution is -2.02. The molecule has 0 N–H and O–H groups in total. The predicted octanol–water partition coefficient (Wildman–Crippen LogP) is 4.96. The molecular weight excluding hydrogens is 334 g/mol. The van der Waals surface area contributed by atoms with Gasteiger partial charge in [0.2, 0.25) is 5.88 Å². The standard InChI is InChI=1S/C18H13ClF2N2O/c1-11-8-17(24-10-13-9-15(20)6-7-16(13)21)23-18(22-11)12-2-4-14(19)5-3-12/h2-9H,10H2,1H3. The van der Waals surface area contributed by atoms with Gasteiger partial charge in [-0.2, -0.15) is 4.98 Å². The quantitative estimate of drug-likeness (QED) is 0.669. The Hall–Kier alpha value is -2.53. The first-order chi connectivity index (χ1) is 11.5. The van der Waals surface area contributed by atoms with E-state index in [9.17, 15) is 8.78 Å². The van der Waals surface area contributed by atoms with E-state index >= 15 is 0 Å². The monoisotopic (exact) mass is 346 g/mol. The molecule has 0 bridgehead atoms. The van der Waals surface area contributed by atoms with Crippen LogP contribution in [0.4, 0.5) is 8.78 Å². The van der Waals surface area contributed by atoms with Gasteiger partial charge in [-0.3, -0.25) is 0 Å². The normalized spacial score (nSPS) is 10.7. The molecule has 0 saturated heterocycles. The Morgan fingerprint density at radius 2 is 1.75 bits per heavy atom. The Morgan fingerprint density at radius 3 is 2.50 bits per heavy atom. The number of hydrogen-bond donors (Lipinski definition) is 0. The second-order valence-corrected chi connectivity index (χ2v) is 5.64. The molecule has 0 aliphatic carbocycles. The third-order valence-electron chi connectivity index (χ3n) is 3.32. The minimum absolute atomic E-state index is 0.124. The van der Waals surface area contributed by atoms with Crippen molar-refractivity contribution in [2.24, 2.45) is 0 Å². The van der Waals surface area contributed by atoms with Crippen molar-refractivity contribution in [2.75, 3.05) is 0 Å². The van der Waals surface area contributed by atoms with Crippen LogP contribution in [0, 0.1) is 18.6 Å². The van der Waals surface area contributed by atoms with Crippen molar-refractivity contribution in [2.45, 2.75) is 13.5 Å². The number of nitrogens with zero attached hydrogens (tertiary/aromatic N) is 2. The van der Waals surface area contributed by atoms with Gasteiger partial charge in [0.05, 0.1) is 0 Å². The average Bonchev–Trinajstić information content (AvgIpc) is 2.56. The first kappa shape index (κ1) is 16.3. The smallest absolute Gasteiger partial charge is 0.217 e. The fourth-order valence-corrected chi connectivity index (χ4v) is 2.27. The third kappa shape index (κ3) is 3.86. The molecule has 2 aromatic carbocycles. The first-order valence-corrected chi connectivity index (χ1v) is 7.57. The molecule has 3 rings (SSSR count). The van der Waals surface area contributed by atoms with Gasteiger partial charge in [0, 0.05) is 27.9 Å². The Bertz CT molecular complexity index is 869. The van der Waals surface area contributed by atoms with Crippen LogP contribution >= 0.6 is 11.6 Å². The van der Waals surface area contributed by atoms with E-state index in [1.165, 1.54) is 0 Å². The number of halogens is 3. The molecule has 0 spiro atoms. The Balaban J connectivity index is 1.83. The highest BCUT2D eigenvalue weighted by atomic mass is 35.5. The lowest BCUT2D eigenvalue weighted by molar-refractivity contribution is 0.287. The van der Waals surface area contributed by atoms with Crippen molar-refractivity contribution in [3.05, 3.63) is 76.4 Å². The fourth-order valence-electron chi connectivity index (χ4n) is 2.15. The van der Waals surface area contributed by atoms with Crippen molar-refractivity contribution < 1.29 is 13.5 Å². The summed E-state index contributed by atoms with van der Waals surface area (Å²) in [7, 11) is 0. The van der Waals surface area contributed by atoms with Gasteiger partial charge in [-0.05, 0) is 49.4 Å². The topological polar surface area (TPSA) is 35.0 Å². The molecular formula is C18H13ClF2N2O. The van der Waals surface area contributed by atoms with E-state index in [1.54, 1.807) is 37.3 Å². The van der Waals surface area contributed by atoms with Crippen molar-refractivity contribution in [1.82, 2.24) is 9.97 Å². The molecule has 0 amide bonds. The van der Waals surface area contributed by atoms with Crippen LogP contribution in [0.15, 0.2) is 48.5 Å². The second kappa shape index (κ2) is 6.93. The van der Waals surface area contributed by atoms with E-state index in [0.29, 0.717) is 16.5 Å². The molecule has 0 aliphatic rings. The van der Waals surface area contributed by atoms with Crippen LogP contribution in [0.1, 0.15) is 11.3 Å². The maximum Gasteiger partial charge on any atom is 0.217 e. The van der Waals surface area contributed by atoms with E-state index in [1.807, 2.05) is 0 Å². The molecule has 3 aromatic rings. The molecule has 6 heteroatoms.